The molecular formula is C24H17BrN6O. The van der Waals surface area contributed by atoms with Gasteiger partial charge in [0, 0.05) is 33.7 Å². The number of nitrogens with zero attached hydrogens (tertiary/aromatic N) is 5. The molecular weight excluding hydrogens is 468 g/mol. The minimum atomic E-state index is -0.0638. The van der Waals surface area contributed by atoms with E-state index in [0.29, 0.717) is 17.9 Å². The number of halogens is 1. The molecule has 0 saturated carbocycles. The maximum atomic E-state index is 12.4. The lowest BCUT2D eigenvalue weighted by molar-refractivity contribution is -0.115. The monoisotopic (exact) mass is 484 g/mol. The molecule has 5 aromatic rings. The van der Waals surface area contributed by atoms with Crippen LogP contribution in [0.2, 0.25) is 0 Å². The first-order valence-electron chi connectivity index (χ1n) is 9.93. The zero-order chi connectivity index (χ0) is 21.9. The lowest BCUT2D eigenvalue weighted by atomic mass is 10.1. The minimum Gasteiger partial charge on any atom is -0.326 e. The fourth-order valence-electron chi connectivity index (χ4n) is 3.34. The minimum absolute atomic E-state index is 0.0638. The molecule has 5 rings (SSSR count). The Morgan fingerprint density at radius 3 is 2.34 bits per heavy atom. The summed E-state index contributed by atoms with van der Waals surface area (Å²) in [4.78, 5) is 16.4. The predicted octanol–water partition coefficient (Wildman–Crippen LogP) is 4.80. The zero-order valence-electron chi connectivity index (χ0n) is 16.8. The molecule has 0 radical (unpaired) electrons. The number of pyridine rings is 1. The molecule has 156 valence electrons. The molecule has 0 aliphatic heterocycles. The lowest BCUT2D eigenvalue weighted by Crippen LogP contribution is -2.14. The van der Waals surface area contributed by atoms with E-state index in [9.17, 15) is 4.79 Å². The number of hydrogen-bond acceptors (Lipinski definition) is 5. The van der Waals surface area contributed by atoms with Crippen molar-refractivity contribution in [3.8, 4) is 22.6 Å². The van der Waals surface area contributed by atoms with Gasteiger partial charge in [-0.2, -0.15) is 9.61 Å². The van der Waals surface area contributed by atoms with Crippen molar-refractivity contribution in [1.29, 1.82) is 0 Å². The van der Waals surface area contributed by atoms with Gasteiger partial charge >= 0.3 is 0 Å². The number of carbonyl (C=O) groups is 1. The fraction of sp³-hybridized carbons (Fsp3) is 0.0417. The second kappa shape index (κ2) is 8.68. The maximum absolute atomic E-state index is 12.4. The number of nitrogens with one attached hydrogen (secondary N) is 1. The second-order valence-corrected chi connectivity index (χ2v) is 8.09. The van der Waals surface area contributed by atoms with E-state index in [-0.39, 0.29) is 5.91 Å². The normalized spacial score (nSPS) is 10.9. The number of aromatic nitrogens is 5. The Kier molecular flexibility index (Phi) is 5.43. The average molecular weight is 485 g/mol. The third-order valence-electron chi connectivity index (χ3n) is 4.94. The van der Waals surface area contributed by atoms with Gasteiger partial charge in [-0.25, -0.2) is 0 Å². The van der Waals surface area contributed by atoms with Gasteiger partial charge in [0.15, 0.2) is 11.5 Å². The van der Waals surface area contributed by atoms with Crippen molar-refractivity contribution in [1.82, 2.24) is 24.8 Å². The molecule has 0 saturated heterocycles. The summed E-state index contributed by atoms with van der Waals surface area (Å²) in [6, 6.07) is 22.9. The summed E-state index contributed by atoms with van der Waals surface area (Å²) in [6.07, 6.45) is 3.74. The third-order valence-corrected chi connectivity index (χ3v) is 5.47. The predicted molar refractivity (Wildman–Crippen MR) is 126 cm³/mol. The SMILES string of the molecule is O=C(Cc1ccc(Br)cc1)Nc1ccc(-c2ccc3nnc(-c4ccncc4)n3n2)cc1. The van der Waals surface area contributed by atoms with Crippen LogP contribution in [-0.2, 0) is 11.2 Å². The maximum Gasteiger partial charge on any atom is 0.228 e. The van der Waals surface area contributed by atoms with E-state index in [1.807, 2.05) is 72.8 Å². The van der Waals surface area contributed by atoms with Crippen molar-refractivity contribution in [2.45, 2.75) is 6.42 Å². The highest BCUT2D eigenvalue weighted by molar-refractivity contribution is 9.10. The Hall–Kier alpha value is -3.91. The van der Waals surface area contributed by atoms with Crippen LogP contribution in [0, 0.1) is 0 Å². The molecule has 0 unspecified atom stereocenters. The number of benzene rings is 2. The van der Waals surface area contributed by atoms with Crippen molar-refractivity contribution in [2.75, 3.05) is 5.32 Å². The summed E-state index contributed by atoms with van der Waals surface area (Å²) >= 11 is 3.40. The van der Waals surface area contributed by atoms with Gasteiger partial charge in [-0.3, -0.25) is 9.78 Å². The van der Waals surface area contributed by atoms with E-state index in [0.717, 1.165) is 32.5 Å². The van der Waals surface area contributed by atoms with Crippen molar-refractivity contribution in [3.05, 3.63) is 95.2 Å². The van der Waals surface area contributed by atoms with E-state index in [2.05, 4.69) is 36.4 Å². The van der Waals surface area contributed by atoms with Crippen LogP contribution in [0.25, 0.3) is 28.3 Å². The fourth-order valence-corrected chi connectivity index (χ4v) is 3.61. The quantitative estimate of drug-likeness (QED) is 0.387. The van der Waals surface area contributed by atoms with E-state index >= 15 is 0 Å². The van der Waals surface area contributed by atoms with Crippen molar-refractivity contribution >= 4 is 33.2 Å². The molecule has 32 heavy (non-hydrogen) atoms. The summed E-state index contributed by atoms with van der Waals surface area (Å²) in [6.45, 7) is 0. The summed E-state index contributed by atoms with van der Waals surface area (Å²) < 4.78 is 2.71. The second-order valence-electron chi connectivity index (χ2n) is 7.18. The first-order valence-corrected chi connectivity index (χ1v) is 10.7. The average Bonchev–Trinajstić information content (AvgIpc) is 3.25. The van der Waals surface area contributed by atoms with Crippen molar-refractivity contribution < 1.29 is 4.79 Å². The summed E-state index contributed by atoms with van der Waals surface area (Å²) in [5.74, 6) is 0.590. The highest BCUT2D eigenvalue weighted by Gasteiger charge is 2.11. The zero-order valence-corrected chi connectivity index (χ0v) is 18.4. The molecule has 3 heterocycles. The number of rotatable bonds is 5. The summed E-state index contributed by atoms with van der Waals surface area (Å²) in [7, 11) is 0. The first-order chi connectivity index (χ1) is 15.7. The van der Waals surface area contributed by atoms with E-state index in [1.54, 1.807) is 16.9 Å². The van der Waals surface area contributed by atoms with Gasteiger partial charge in [0.2, 0.25) is 5.91 Å². The van der Waals surface area contributed by atoms with Crippen LogP contribution < -0.4 is 5.32 Å². The standard InChI is InChI=1S/C24H17BrN6O/c25-19-5-1-16(2-6-19)15-23(32)27-20-7-3-17(4-8-20)21-9-10-22-28-29-24(31(22)30-21)18-11-13-26-14-12-18/h1-14H,15H2,(H,27,32). The molecule has 7 nitrogen and oxygen atoms in total. The van der Waals surface area contributed by atoms with Gasteiger partial charge in [-0.15, -0.1) is 10.2 Å². The van der Waals surface area contributed by atoms with E-state index in [1.165, 1.54) is 0 Å². The number of carbonyl (C=O) groups excluding carboxylic acids is 1. The Morgan fingerprint density at radius 2 is 1.59 bits per heavy atom. The van der Waals surface area contributed by atoms with Crippen LogP contribution >= 0.6 is 15.9 Å². The Labute approximate surface area is 192 Å². The highest BCUT2D eigenvalue weighted by Crippen LogP contribution is 2.22. The Morgan fingerprint density at radius 1 is 0.844 bits per heavy atom. The molecule has 0 aliphatic rings. The topological polar surface area (TPSA) is 85.1 Å². The van der Waals surface area contributed by atoms with E-state index < -0.39 is 0 Å². The van der Waals surface area contributed by atoms with Crippen molar-refractivity contribution in [3.63, 3.8) is 0 Å². The molecule has 1 N–H and O–H groups in total. The van der Waals surface area contributed by atoms with E-state index in [4.69, 9.17) is 5.10 Å². The Bertz CT molecular complexity index is 1380. The molecule has 8 heteroatoms. The van der Waals surface area contributed by atoms with Gasteiger partial charge < -0.3 is 5.32 Å². The third kappa shape index (κ3) is 4.26. The van der Waals surface area contributed by atoms with Gasteiger partial charge in [-0.1, -0.05) is 40.2 Å². The number of anilines is 1. The number of fused-ring (bicyclic) bond motifs is 1. The number of hydrogen-bond donors (Lipinski definition) is 1. The summed E-state index contributed by atoms with van der Waals surface area (Å²) in [5.41, 5.74) is 4.95. The number of amides is 1. The summed E-state index contributed by atoms with van der Waals surface area (Å²) in [5, 5.41) is 16.1. The Balaban J connectivity index is 1.34. The van der Waals surface area contributed by atoms with Gasteiger partial charge in [-0.05, 0) is 54.1 Å². The molecule has 1 amide bonds. The molecule has 3 aromatic heterocycles. The van der Waals surface area contributed by atoms with Crippen LogP contribution in [-0.4, -0.2) is 30.7 Å². The van der Waals surface area contributed by atoms with Crippen LogP contribution in [0.3, 0.4) is 0 Å². The van der Waals surface area contributed by atoms with Gasteiger partial charge in [0.25, 0.3) is 0 Å². The molecule has 0 aliphatic carbocycles. The van der Waals surface area contributed by atoms with Crippen LogP contribution in [0.15, 0.2) is 89.7 Å². The van der Waals surface area contributed by atoms with Gasteiger partial charge in [0.05, 0.1) is 12.1 Å². The first kappa shape index (κ1) is 20.0. The largest absolute Gasteiger partial charge is 0.326 e. The molecule has 0 spiro atoms. The smallest absolute Gasteiger partial charge is 0.228 e. The lowest BCUT2D eigenvalue weighted by Gasteiger charge is -2.07. The van der Waals surface area contributed by atoms with Crippen LogP contribution in [0.1, 0.15) is 5.56 Å². The molecule has 0 bridgehead atoms. The van der Waals surface area contributed by atoms with Gasteiger partial charge in [0.1, 0.15) is 0 Å². The molecule has 0 atom stereocenters. The van der Waals surface area contributed by atoms with Crippen LogP contribution in [0.5, 0.6) is 0 Å². The highest BCUT2D eigenvalue weighted by atomic mass is 79.9. The molecule has 0 fully saturated rings. The molecule has 2 aromatic carbocycles. The van der Waals surface area contributed by atoms with Crippen LogP contribution in [0.4, 0.5) is 5.69 Å². The van der Waals surface area contributed by atoms with Crippen molar-refractivity contribution in [2.24, 2.45) is 0 Å².